The highest BCUT2D eigenvalue weighted by molar-refractivity contribution is 7.87. The molecular weight excluding hydrogens is 361 g/mol. The van der Waals surface area contributed by atoms with Gasteiger partial charge in [0.05, 0.1) is 0 Å². The van der Waals surface area contributed by atoms with Crippen LogP contribution in [0.4, 0.5) is 48.3 Å². The van der Waals surface area contributed by atoms with Gasteiger partial charge in [0.2, 0.25) is 11.7 Å². The largest absolute Gasteiger partial charge is 0.445 e. The number of rotatable bonds is 4. The van der Waals surface area contributed by atoms with E-state index in [0.29, 0.717) is 0 Å². The van der Waals surface area contributed by atoms with Crippen LogP contribution in [-0.2, 0) is 10.1 Å². The smallest absolute Gasteiger partial charge is 0.281 e. The van der Waals surface area contributed by atoms with Crippen molar-refractivity contribution >= 4 is 10.1 Å². The normalized spacial score (nSPS) is 16.8. The fraction of sp³-hybridized carbons (Fsp3) is 0.667. The maximum Gasteiger partial charge on any atom is 0.445 e. The highest BCUT2D eigenvalue weighted by atomic mass is 32.2. The second-order valence-electron chi connectivity index (χ2n) is 3.27. The Morgan fingerprint density at radius 2 is 1.10 bits per heavy atom. The summed E-state index contributed by atoms with van der Waals surface area (Å²) >= 11 is 0. The van der Waals surface area contributed by atoms with Gasteiger partial charge < -0.3 is 0 Å². The van der Waals surface area contributed by atoms with Crippen LogP contribution in [0.15, 0.2) is 11.7 Å². The molecule has 0 spiro atoms. The molecule has 1 N–H and O–H groups in total. The van der Waals surface area contributed by atoms with Crippen LogP contribution < -0.4 is 0 Å². The standard InChI is InChI=1S/C6HF11O3S/c7-1(2(8)4(11,12)13)3(9,10)5(14,15)6(16,17)21(18,19)20/h(H,18,19,20)/b2-1+. The molecule has 0 aromatic carbocycles. The summed E-state index contributed by atoms with van der Waals surface area (Å²) in [6.45, 7) is 0. The average Bonchev–Trinajstić information content (AvgIpc) is 2.23. The number of halogens is 11. The molecule has 0 aromatic rings. The van der Waals surface area contributed by atoms with E-state index in [1.807, 2.05) is 0 Å². The highest BCUT2D eigenvalue weighted by Crippen LogP contribution is 2.53. The van der Waals surface area contributed by atoms with E-state index in [0.717, 1.165) is 0 Å². The molecule has 0 unspecified atom stereocenters. The first kappa shape index (κ1) is 19.9. The van der Waals surface area contributed by atoms with Gasteiger partial charge in [-0.2, -0.15) is 52.3 Å². The zero-order valence-electron chi connectivity index (χ0n) is 8.83. The van der Waals surface area contributed by atoms with Gasteiger partial charge in [-0.25, -0.2) is 4.39 Å². The van der Waals surface area contributed by atoms with Crippen molar-refractivity contribution in [2.75, 3.05) is 0 Å². The molecule has 0 aromatic heterocycles. The van der Waals surface area contributed by atoms with E-state index >= 15 is 0 Å². The fourth-order valence-electron chi connectivity index (χ4n) is 0.745. The molecule has 0 atom stereocenters. The summed E-state index contributed by atoms with van der Waals surface area (Å²) in [5.41, 5.74) is 0. The van der Waals surface area contributed by atoms with Crippen molar-refractivity contribution < 1.29 is 61.3 Å². The molecule has 0 aliphatic carbocycles. The van der Waals surface area contributed by atoms with E-state index in [1.54, 1.807) is 0 Å². The quantitative estimate of drug-likeness (QED) is 0.616. The molecule has 0 amide bonds. The Morgan fingerprint density at radius 1 is 0.762 bits per heavy atom. The Labute approximate surface area is 107 Å². The van der Waals surface area contributed by atoms with Gasteiger partial charge in [-0.05, 0) is 0 Å². The number of allylic oxidation sites excluding steroid dienone is 2. The van der Waals surface area contributed by atoms with Crippen LogP contribution in [-0.4, -0.2) is 36.2 Å². The van der Waals surface area contributed by atoms with Crippen molar-refractivity contribution in [1.82, 2.24) is 0 Å². The lowest BCUT2D eigenvalue weighted by Crippen LogP contribution is -2.58. The Kier molecular flexibility index (Phi) is 4.70. The first-order chi connectivity index (χ1) is 8.82. The van der Waals surface area contributed by atoms with Crippen molar-refractivity contribution in [2.24, 2.45) is 0 Å². The molecule has 0 saturated carbocycles. The van der Waals surface area contributed by atoms with Gasteiger partial charge in [0.25, 0.3) is 0 Å². The van der Waals surface area contributed by atoms with Crippen molar-refractivity contribution in [1.29, 1.82) is 0 Å². The summed E-state index contributed by atoms with van der Waals surface area (Å²) in [5.74, 6) is -23.8. The molecule has 0 rings (SSSR count). The van der Waals surface area contributed by atoms with Gasteiger partial charge in [0, 0.05) is 0 Å². The molecule has 21 heavy (non-hydrogen) atoms. The van der Waals surface area contributed by atoms with E-state index in [9.17, 15) is 56.7 Å². The molecule has 0 heterocycles. The lowest BCUT2D eigenvalue weighted by molar-refractivity contribution is -0.272. The molecule has 0 radical (unpaired) electrons. The molecule has 15 heteroatoms. The minimum Gasteiger partial charge on any atom is -0.281 e. The monoisotopic (exact) mass is 362 g/mol. The summed E-state index contributed by atoms with van der Waals surface area (Å²) in [4.78, 5) is 0. The molecule has 0 bridgehead atoms. The number of hydrogen-bond acceptors (Lipinski definition) is 2. The maximum absolute atomic E-state index is 12.6. The van der Waals surface area contributed by atoms with Crippen LogP contribution in [0.5, 0.6) is 0 Å². The van der Waals surface area contributed by atoms with Gasteiger partial charge in [-0.3, -0.25) is 4.55 Å². The molecule has 3 nitrogen and oxygen atoms in total. The molecule has 0 fully saturated rings. The van der Waals surface area contributed by atoms with E-state index in [4.69, 9.17) is 4.55 Å². The average molecular weight is 362 g/mol. The van der Waals surface area contributed by atoms with Gasteiger partial charge in [0.15, 0.2) is 0 Å². The predicted molar refractivity (Wildman–Crippen MR) is 41.7 cm³/mol. The van der Waals surface area contributed by atoms with E-state index in [-0.39, 0.29) is 0 Å². The summed E-state index contributed by atoms with van der Waals surface area (Å²) in [6, 6.07) is 0. The second kappa shape index (κ2) is 4.96. The predicted octanol–water partition coefficient (Wildman–Crippen LogP) is 3.45. The molecule has 0 aliphatic rings. The third kappa shape index (κ3) is 3.07. The summed E-state index contributed by atoms with van der Waals surface area (Å²) in [7, 11) is -7.29. The fourth-order valence-corrected chi connectivity index (χ4v) is 1.20. The van der Waals surface area contributed by atoms with Crippen LogP contribution in [0.25, 0.3) is 0 Å². The van der Waals surface area contributed by atoms with Gasteiger partial charge in [-0.15, -0.1) is 0 Å². The summed E-state index contributed by atoms with van der Waals surface area (Å²) in [5, 5.41) is -7.10. The lowest BCUT2D eigenvalue weighted by Gasteiger charge is -2.29. The van der Waals surface area contributed by atoms with Gasteiger partial charge in [-0.1, -0.05) is 0 Å². The van der Waals surface area contributed by atoms with Crippen molar-refractivity contribution in [3.05, 3.63) is 11.7 Å². The third-order valence-electron chi connectivity index (χ3n) is 1.80. The van der Waals surface area contributed by atoms with Crippen LogP contribution in [0.3, 0.4) is 0 Å². The zero-order chi connectivity index (χ0) is 17.7. The summed E-state index contributed by atoms with van der Waals surface area (Å²) in [6.07, 6.45) is -6.57. The number of alkyl halides is 9. The van der Waals surface area contributed by atoms with E-state index < -0.39 is 45.0 Å². The lowest BCUT2D eigenvalue weighted by atomic mass is 10.1. The molecule has 0 saturated heterocycles. The van der Waals surface area contributed by atoms with Crippen molar-refractivity contribution in [3.63, 3.8) is 0 Å². The zero-order valence-corrected chi connectivity index (χ0v) is 9.65. The Bertz CT molecular complexity index is 543. The maximum atomic E-state index is 12.6. The van der Waals surface area contributed by atoms with Crippen LogP contribution in [0.1, 0.15) is 0 Å². The van der Waals surface area contributed by atoms with Gasteiger partial charge >= 0.3 is 33.4 Å². The minimum absolute atomic E-state index is 4.47. The van der Waals surface area contributed by atoms with E-state index in [2.05, 4.69) is 0 Å². The number of hydrogen-bond donors (Lipinski definition) is 1. The highest BCUT2D eigenvalue weighted by Gasteiger charge is 2.80. The minimum atomic E-state index is -7.43. The SMILES string of the molecule is O=S(=O)(O)C(F)(F)C(F)(F)C(F)(F)/C(F)=C(\F)C(F)(F)F. The first-order valence-corrected chi connectivity index (χ1v) is 5.49. The van der Waals surface area contributed by atoms with Crippen LogP contribution in [0.2, 0.25) is 0 Å². The van der Waals surface area contributed by atoms with E-state index in [1.165, 1.54) is 0 Å². The molecule has 0 aliphatic heterocycles. The topological polar surface area (TPSA) is 54.4 Å². The Hall–Kier alpha value is -1.12. The Morgan fingerprint density at radius 3 is 1.33 bits per heavy atom. The van der Waals surface area contributed by atoms with Crippen molar-refractivity contribution in [3.8, 4) is 0 Å². The Balaban J connectivity index is 6.28. The second-order valence-corrected chi connectivity index (χ2v) is 4.73. The molecule has 126 valence electrons. The molecular formula is C6HF11O3S. The summed E-state index contributed by atoms with van der Waals surface area (Å²) < 4.78 is 162. The van der Waals surface area contributed by atoms with Crippen LogP contribution >= 0.6 is 0 Å². The van der Waals surface area contributed by atoms with Crippen molar-refractivity contribution in [2.45, 2.75) is 23.3 Å². The van der Waals surface area contributed by atoms with Crippen LogP contribution in [0, 0.1) is 0 Å². The van der Waals surface area contributed by atoms with Gasteiger partial charge in [0.1, 0.15) is 0 Å². The third-order valence-corrected chi connectivity index (χ3v) is 2.71. The first-order valence-electron chi connectivity index (χ1n) is 4.05.